The minimum Gasteiger partial charge on any atom is -0.384 e. The van der Waals surface area contributed by atoms with Crippen LogP contribution in [0.1, 0.15) is 11.3 Å². The van der Waals surface area contributed by atoms with E-state index in [4.69, 9.17) is 22.3 Å². The second kappa shape index (κ2) is 2.91. The third-order valence-electron chi connectivity index (χ3n) is 1.18. The van der Waals surface area contributed by atoms with Crippen LogP contribution in [-0.4, -0.2) is 27.1 Å². The first-order valence-corrected chi connectivity index (χ1v) is 3.00. The molecule has 0 aromatic carbocycles. The van der Waals surface area contributed by atoms with Gasteiger partial charge in [0, 0.05) is 0 Å². The van der Waals surface area contributed by atoms with Crippen molar-refractivity contribution in [3.8, 4) is 0 Å². The molecule has 7 heteroatoms. The molecule has 1 heterocycles. The molecule has 62 valence electrons. The Morgan fingerprint density at radius 1 is 1.25 bits per heavy atom. The molecule has 0 aliphatic heterocycles. The van der Waals surface area contributed by atoms with Crippen molar-refractivity contribution in [2.75, 3.05) is 0 Å². The molecule has 0 spiro atoms. The molecule has 0 radical (unpaired) electrons. The normalized spacial score (nSPS) is 9.33. The van der Waals surface area contributed by atoms with Crippen LogP contribution in [0.5, 0.6) is 0 Å². The molecule has 0 atom stereocenters. The van der Waals surface area contributed by atoms with Gasteiger partial charge in [-0.15, -0.1) is 10.2 Å². The average Bonchev–Trinajstić information content (AvgIpc) is 2.04. The van der Waals surface area contributed by atoms with Crippen molar-refractivity contribution in [1.82, 2.24) is 15.4 Å². The van der Waals surface area contributed by atoms with E-state index < -0.39 is 0 Å². The van der Waals surface area contributed by atoms with Crippen molar-refractivity contribution in [1.29, 1.82) is 10.8 Å². The van der Waals surface area contributed by atoms with Gasteiger partial charge in [-0.1, -0.05) is 0 Å². The van der Waals surface area contributed by atoms with Gasteiger partial charge in [0.2, 0.25) is 0 Å². The highest BCUT2D eigenvalue weighted by Gasteiger charge is 2.09. The zero-order valence-corrected chi connectivity index (χ0v) is 6.07. The van der Waals surface area contributed by atoms with E-state index in [0.29, 0.717) is 0 Å². The molecule has 1 aromatic heterocycles. The van der Waals surface area contributed by atoms with Crippen LogP contribution in [0.3, 0.4) is 0 Å². The fourth-order valence-electron chi connectivity index (χ4n) is 0.665. The van der Waals surface area contributed by atoms with Crippen LogP contribution in [0.15, 0.2) is 6.20 Å². The van der Waals surface area contributed by atoms with Gasteiger partial charge in [0.1, 0.15) is 17.4 Å². The van der Waals surface area contributed by atoms with Crippen LogP contribution in [0, 0.1) is 10.8 Å². The quantitative estimate of drug-likeness (QED) is 0.310. The number of hydrogen-bond donors (Lipinski definition) is 4. The van der Waals surface area contributed by atoms with Gasteiger partial charge in [-0.2, -0.15) is 0 Å². The molecule has 6 N–H and O–H groups in total. The second-order valence-corrected chi connectivity index (χ2v) is 2.02. The van der Waals surface area contributed by atoms with E-state index in [1.54, 1.807) is 0 Å². The Labute approximate surface area is 67.8 Å². The second-order valence-electron chi connectivity index (χ2n) is 2.02. The van der Waals surface area contributed by atoms with E-state index in [-0.39, 0.29) is 22.9 Å². The summed E-state index contributed by atoms with van der Waals surface area (Å²) in [6.07, 6.45) is 1.24. The number of nitrogens with zero attached hydrogens (tertiary/aromatic N) is 3. The van der Waals surface area contributed by atoms with Gasteiger partial charge in [0.15, 0.2) is 0 Å². The summed E-state index contributed by atoms with van der Waals surface area (Å²) in [4.78, 5) is 0. The molecular weight excluding hydrogens is 158 g/mol. The highest BCUT2D eigenvalue weighted by molar-refractivity contribution is 6.06. The number of nitrogens with one attached hydrogen (secondary N) is 2. The Bertz CT molecular complexity index is 297. The van der Waals surface area contributed by atoms with E-state index in [0.717, 1.165) is 0 Å². The number of amidine groups is 2. The van der Waals surface area contributed by atoms with Gasteiger partial charge < -0.3 is 11.5 Å². The molecular formula is C5H7N7. The highest BCUT2D eigenvalue weighted by Crippen LogP contribution is 1.98. The Balaban J connectivity index is 3.27. The first kappa shape index (κ1) is 8.05. The maximum Gasteiger partial charge on any atom is 0.144 e. The molecule has 0 aliphatic rings. The van der Waals surface area contributed by atoms with Crippen LogP contribution in [0.4, 0.5) is 0 Å². The standard InChI is InChI=1S/C5H7N7/c6-4(7)2-1-10-12-11-3(2)5(8)9/h1H,(H3,6,7)(H3,8,9). The van der Waals surface area contributed by atoms with Crippen molar-refractivity contribution in [2.45, 2.75) is 0 Å². The van der Waals surface area contributed by atoms with Crippen LogP contribution < -0.4 is 11.5 Å². The Morgan fingerprint density at radius 3 is 2.33 bits per heavy atom. The van der Waals surface area contributed by atoms with E-state index >= 15 is 0 Å². The van der Waals surface area contributed by atoms with Crippen molar-refractivity contribution in [3.05, 3.63) is 17.5 Å². The molecule has 0 aliphatic carbocycles. The third-order valence-corrected chi connectivity index (χ3v) is 1.18. The smallest absolute Gasteiger partial charge is 0.144 e. The van der Waals surface area contributed by atoms with E-state index in [1.807, 2.05) is 0 Å². The van der Waals surface area contributed by atoms with E-state index in [2.05, 4.69) is 15.4 Å². The lowest BCUT2D eigenvalue weighted by Gasteiger charge is -2.01. The predicted octanol–water partition coefficient (Wildman–Crippen LogP) is -1.56. The summed E-state index contributed by atoms with van der Waals surface area (Å²) in [5, 5.41) is 24.3. The zero-order valence-electron chi connectivity index (χ0n) is 6.07. The number of nitrogen functional groups attached to an aromatic ring is 2. The molecule has 1 aromatic rings. The minimum atomic E-state index is -0.282. The summed E-state index contributed by atoms with van der Waals surface area (Å²) in [7, 11) is 0. The Morgan fingerprint density at radius 2 is 1.92 bits per heavy atom. The van der Waals surface area contributed by atoms with Crippen LogP contribution in [0.2, 0.25) is 0 Å². The first-order valence-electron chi connectivity index (χ1n) is 3.00. The SMILES string of the molecule is N=C(N)c1cnnnc1C(=N)N. The van der Waals surface area contributed by atoms with Gasteiger partial charge >= 0.3 is 0 Å². The predicted molar refractivity (Wildman–Crippen MR) is 41.9 cm³/mol. The molecule has 7 nitrogen and oxygen atoms in total. The molecule has 12 heavy (non-hydrogen) atoms. The average molecular weight is 165 g/mol. The maximum absolute atomic E-state index is 7.09. The van der Waals surface area contributed by atoms with E-state index in [9.17, 15) is 0 Å². The van der Waals surface area contributed by atoms with Gasteiger partial charge in [0.25, 0.3) is 0 Å². The van der Waals surface area contributed by atoms with Gasteiger partial charge in [0.05, 0.1) is 11.8 Å². The molecule has 0 saturated carbocycles. The lowest BCUT2D eigenvalue weighted by molar-refractivity contribution is 0.851. The van der Waals surface area contributed by atoms with Gasteiger partial charge in [-0.25, -0.2) is 0 Å². The van der Waals surface area contributed by atoms with Crippen LogP contribution in [-0.2, 0) is 0 Å². The largest absolute Gasteiger partial charge is 0.384 e. The summed E-state index contributed by atoms with van der Waals surface area (Å²) >= 11 is 0. The fraction of sp³-hybridized carbons (Fsp3) is 0. The Hall–Kier alpha value is -2.05. The minimum absolute atomic E-state index is 0.0810. The van der Waals surface area contributed by atoms with Crippen molar-refractivity contribution in [2.24, 2.45) is 11.5 Å². The molecule has 0 bridgehead atoms. The van der Waals surface area contributed by atoms with Crippen LogP contribution in [0.25, 0.3) is 0 Å². The zero-order chi connectivity index (χ0) is 9.14. The summed E-state index contributed by atoms with van der Waals surface area (Å²) < 4.78 is 0. The van der Waals surface area contributed by atoms with Crippen molar-refractivity contribution >= 4 is 11.7 Å². The molecule has 0 fully saturated rings. The number of rotatable bonds is 2. The third kappa shape index (κ3) is 1.34. The molecule has 0 saturated heterocycles. The maximum atomic E-state index is 7.09. The summed E-state index contributed by atoms with van der Waals surface area (Å²) in [6.45, 7) is 0. The van der Waals surface area contributed by atoms with Crippen LogP contribution >= 0.6 is 0 Å². The monoisotopic (exact) mass is 165 g/mol. The number of aromatic nitrogens is 3. The Kier molecular flexibility index (Phi) is 1.95. The summed E-state index contributed by atoms with van der Waals surface area (Å²) in [6, 6.07) is 0. The summed E-state index contributed by atoms with van der Waals surface area (Å²) in [5.74, 6) is -0.516. The van der Waals surface area contributed by atoms with Gasteiger partial charge in [-0.3, -0.25) is 10.8 Å². The van der Waals surface area contributed by atoms with Crippen molar-refractivity contribution < 1.29 is 0 Å². The molecule has 0 amide bonds. The fourth-order valence-corrected chi connectivity index (χ4v) is 0.665. The van der Waals surface area contributed by atoms with E-state index in [1.165, 1.54) is 6.20 Å². The lowest BCUT2D eigenvalue weighted by atomic mass is 10.2. The first-order chi connectivity index (χ1) is 5.63. The topological polar surface area (TPSA) is 138 Å². The molecule has 1 rings (SSSR count). The number of hydrogen-bond acceptors (Lipinski definition) is 5. The van der Waals surface area contributed by atoms with Gasteiger partial charge in [-0.05, 0) is 5.21 Å². The number of nitrogens with two attached hydrogens (primary N) is 2. The highest BCUT2D eigenvalue weighted by atomic mass is 15.3. The molecule has 0 unspecified atom stereocenters. The lowest BCUT2D eigenvalue weighted by Crippen LogP contribution is -2.23. The van der Waals surface area contributed by atoms with Crippen molar-refractivity contribution in [3.63, 3.8) is 0 Å². The summed E-state index contributed by atoms with van der Waals surface area (Å²) in [5.41, 5.74) is 10.6.